The predicted octanol–water partition coefficient (Wildman–Crippen LogP) is 1.27. The number of hydrogen-bond donors (Lipinski definition) is 1. The molecule has 0 aromatic heterocycles. The second-order valence-corrected chi connectivity index (χ2v) is 2.48. The first-order chi connectivity index (χ1) is 4.06. The number of rotatable bonds is 3. The average molecular weight is 150 g/mol. The summed E-state index contributed by atoms with van der Waals surface area (Å²) in [6.45, 7) is 3.70. The normalized spacial score (nSPS) is 11.6. The van der Waals surface area contributed by atoms with Crippen LogP contribution in [0.4, 0.5) is 0 Å². The lowest BCUT2D eigenvalue weighted by atomic mass is 9.96. The number of nitrogens with two attached hydrogens (primary N) is 1. The summed E-state index contributed by atoms with van der Waals surface area (Å²) in [4.78, 5) is 10.6. The monoisotopic (exact) mass is 149 g/mol. The van der Waals surface area contributed by atoms with Crippen LogP contribution in [0, 0.1) is 0 Å². The topological polar surface area (TPSA) is 43.1 Å². The third kappa shape index (κ3) is 1.95. The molecule has 3 heteroatoms. The Bertz CT molecular complexity index is 110. The van der Waals surface area contributed by atoms with Crippen LogP contribution in [0.15, 0.2) is 0 Å². The summed E-state index contributed by atoms with van der Waals surface area (Å²) in [5.41, 5.74) is 4.77. The summed E-state index contributed by atoms with van der Waals surface area (Å²) in [6, 6.07) is 0. The SMILES string of the molecule is CCC(N)(CC)C(=O)Cl. The molecule has 0 aliphatic carbocycles. The Kier molecular flexibility index (Phi) is 3.15. The molecule has 0 bridgehead atoms. The number of halogens is 1. The van der Waals surface area contributed by atoms with Gasteiger partial charge in [0, 0.05) is 0 Å². The Morgan fingerprint density at radius 3 is 1.89 bits per heavy atom. The van der Waals surface area contributed by atoms with Crippen molar-refractivity contribution in [2.45, 2.75) is 32.2 Å². The van der Waals surface area contributed by atoms with Crippen molar-refractivity contribution in [1.29, 1.82) is 0 Å². The van der Waals surface area contributed by atoms with Gasteiger partial charge in [0.25, 0.3) is 0 Å². The molecule has 0 unspecified atom stereocenters. The highest BCUT2D eigenvalue weighted by molar-refractivity contribution is 6.65. The van der Waals surface area contributed by atoms with Gasteiger partial charge in [-0.05, 0) is 24.4 Å². The van der Waals surface area contributed by atoms with Gasteiger partial charge in [0.15, 0.2) is 0 Å². The van der Waals surface area contributed by atoms with E-state index in [-0.39, 0.29) is 0 Å². The third-order valence-electron chi connectivity index (χ3n) is 1.65. The van der Waals surface area contributed by atoms with Crippen LogP contribution in [0.3, 0.4) is 0 Å². The minimum atomic E-state index is -0.790. The van der Waals surface area contributed by atoms with Crippen LogP contribution >= 0.6 is 11.6 Å². The highest BCUT2D eigenvalue weighted by atomic mass is 35.5. The molecule has 0 heterocycles. The Labute approximate surface area is 60.4 Å². The minimum Gasteiger partial charge on any atom is -0.318 e. The van der Waals surface area contributed by atoms with Crippen molar-refractivity contribution < 1.29 is 4.79 Å². The lowest BCUT2D eigenvalue weighted by molar-refractivity contribution is -0.116. The van der Waals surface area contributed by atoms with Crippen molar-refractivity contribution in [3.8, 4) is 0 Å². The van der Waals surface area contributed by atoms with Crippen molar-refractivity contribution >= 4 is 16.8 Å². The first-order valence-corrected chi connectivity index (χ1v) is 3.43. The van der Waals surface area contributed by atoms with E-state index < -0.39 is 10.8 Å². The molecule has 0 atom stereocenters. The van der Waals surface area contributed by atoms with E-state index in [0.29, 0.717) is 12.8 Å². The van der Waals surface area contributed by atoms with Gasteiger partial charge in [0.05, 0.1) is 5.54 Å². The standard InChI is InChI=1S/C6H12ClNO/c1-3-6(8,4-2)5(7)9/h3-4,8H2,1-2H3. The second-order valence-electron chi connectivity index (χ2n) is 2.14. The second kappa shape index (κ2) is 3.18. The molecule has 2 N–H and O–H groups in total. The molecule has 0 aliphatic heterocycles. The third-order valence-corrected chi connectivity index (χ3v) is 2.03. The summed E-state index contributed by atoms with van der Waals surface area (Å²) >= 11 is 5.22. The summed E-state index contributed by atoms with van der Waals surface area (Å²) in [7, 11) is 0. The molecule has 0 aromatic carbocycles. The van der Waals surface area contributed by atoms with Crippen LogP contribution in [0.5, 0.6) is 0 Å². The Morgan fingerprint density at radius 2 is 1.89 bits per heavy atom. The molecule has 0 radical (unpaired) electrons. The maximum atomic E-state index is 10.6. The molecule has 54 valence electrons. The van der Waals surface area contributed by atoms with Gasteiger partial charge < -0.3 is 5.73 Å². The molecule has 2 nitrogen and oxygen atoms in total. The largest absolute Gasteiger partial charge is 0.318 e. The van der Waals surface area contributed by atoms with Gasteiger partial charge in [-0.1, -0.05) is 13.8 Å². The van der Waals surface area contributed by atoms with Crippen molar-refractivity contribution in [2.75, 3.05) is 0 Å². The Morgan fingerprint density at radius 1 is 1.56 bits per heavy atom. The fourth-order valence-electron chi connectivity index (χ4n) is 0.528. The Hall–Kier alpha value is -0.0800. The molecule has 9 heavy (non-hydrogen) atoms. The molecule has 0 spiro atoms. The van der Waals surface area contributed by atoms with Crippen molar-refractivity contribution in [1.82, 2.24) is 0 Å². The van der Waals surface area contributed by atoms with Crippen molar-refractivity contribution in [3.05, 3.63) is 0 Å². The molecule has 0 fully saturated rings. The highest BCUT2D eigenvalue weighted by Gasteiger charge is 2.27. The average Bonchev–Trinajstić information content (AvgIpc) is 1.86. The first kappa shape index (κ1) is 8.92. The first-order valence-electron chi connectivity index (χ1n) is 3.05. The van der Waals surface area contributed by atoms with Gasteiger partial charge in [-0.2, -0.15) is 0 Å². The van der Waals surface area contributed by atoms with E-state index in [9.17, 15) is 4.79 Å². The van der Waals surface area contributed by atoms with E-state index in [4.69, 9.17) is 17.3 Å². The fourth-order valence-corrected chi connectivity index (χ4v) is 0.795. The van der Waals surface area contributed by atoms with E-state index in [0.717, 1.165) is 0 Å². The zero-order valence-corrected chi connectivity index (χ0v) is 6.53. The fraction of sp³-hybridized carbons (Fsp3) is 0.833. The van der Waals surface area contributed by atoms with E-state index in [1.165, 1.54) is 0 Å². The van der Waals surface area contributed by atoms with Crippen LogP contribution in [0.1, 0.15) is 26.7 Å². The van der Waals surface area contributed by atoms with Gasteiger partial charge in [0.1, 0.15) is 0 Å². The molecule has 0 aliphatic rings. The van der Waals surface area contributed by atoms with Crippen molar-refractivity contribution in [2.24, 2.45) is 5.73 Å². The van der Waals surface area contributed by atoms with Crippen LogP contribution in [-0.4, -0.2) is 10.8 Å². The van der Waals surface area contributed by atoms with E-state index >= 15 is 0 Å². The maximum Gasteiger partial charge on any atom is 0.241 e. The summed E-state index contributed by atoms with van der Waals surface area (Å²) < 4.78 is 0. The highest BCUT2D eigenvalue weighted by Crippen LogP contribution is 2.13. The van der Waals surface area contributed by atoms with Gasteiger partial charge in [-0.3, -0.25) is 4.79 Å². The number of carbonyl (C=O) groups is 1. The molecule has 0 saturated heterocycles. The number of hydrogen-bond acceptors (Lipinski definition) is 2. The smallest absolute Gasteiger partial charge is 0.241 e. The van der Waals surface area contributed by atoms with Gasteiger partial charge >= 0.3 is 0 Å². The summed E-state index contributed by atoms with van der Waals surface area (Å²) in [6.07, 6.45) is 1.21. The van der Waals surface area contributed by atoms with Crippen LogP contribution < -0.4 is 5.73 Å². The predicted molar refractivity (Wildman–Crippen MR) is 38.4 cm³/mol. The molecule has 0 saturated carbocycles. The lowest BCUT2D eigenvalue weighted by Crippen LogP contribution is -2.44. The quantitative estimate of drug-likeness (QED) is 0.615. The van der Waals surface area contributed by atoms with E-state index in [2.05, 4.69) is 0 Å². The molecular formula is C6H12ClNO. The number of carbonyl (C=O) groups excluding carboxylic acids is 1. The summed E-state index contributed by atoms with van der Waals surface area (Å²) in [5.74, 6) is 0. The zero-order chi connectivity index (χ0) is 7.49. The maximum absolute atomic E-state index is 10.6. The van der Waals surface area contributed by atoms with E-state index in [1.54, 1.807) is 0 Å². The van der Waals surface area contributed by atoms with Gasteiger partial charge in [0.2, 0.25) is 5.24 Å². The van der Waals surface area contributed by atoms with Crippen LogP contribution in [-0.2, 0) is 4.79 Å². The lowest BCUT2D eigenvalue weighted by Gasteiger charge is -2.20. The zero-order valence-electron chi connectivity index (χ0n) is 5.78. The Balaban J connectivity index is 4.09. The minimum absolute atomic E-state index is 0.437. The van der Waals surface area contributed by atoms with Crippen LogP contribution in [0.25, 0.3) is 0 Å². The van der Waals surface area contributed by atoms with E-state index in [1.807, 2.05) is 13.8 Å². The molecule has 0 aromatic rings. The van der Waals surface area contributed by atoms with Crippen LogP contribution in [0.2, 0.25) is 0 Å². The van der Waals surface area contributed by atoms with Gasteiger partial charge in [-0.15, -0.1) is 0 Å². The van der Waals surface area contributed by atoms with Gasteiger partial charge in [-0.25, -0.2) is 0 Å². The molecule has 0 rings (SSSR count). The summed E-state index contributed by atoms with van der Waals surface area (Å²) in [5, 5.41) is -0.437. The molecule has 0 amide bonds. The molecular weight excluding hydrogens is 138 g/mol. The van der Waals surface area contributed by atoms with Crippen molar-refractivity contribution in [3.63, 3.8) is 0 Å².